The summed E-state index contributed by atoms with van der Waals surface area (Å²) in [6, 6.07) is 0. The van der Waals surface area contributed by atoms with Gasteiger partial charge in [-0.1, -0.05) is 6.92 Å². The number of unbranched alkanes of at least 4 members (excludes halogenated alkanes) is 1. The van der Waals surface area contributed by atoms with Crippen LogP contribution in [0.15, 0.2) is 0 Å². The van der Waals surface area contributed by atoms with Crippen LogP contribution in [0, 0.1) is 4.77 Å². The number of H-pyrrole nitrogens is 1. The highest BCUT2D eigenvalue weighted by atomic mass is 32.1. The van der Waals surface area contributed by atoms with Crippen LogP contribution in [0.1, 0.15) is 31.9 Å². The summed E-state index contributed by atoms with van der Waals surface area (Å²) in [6.45, 7) is 2.84. The van der Waals surface area contributed by atoms with E-state index in [0.717, 1.165) is 42.7 Å². The highest BCUT2D eigenvalue weighted by molar-refractivity contribution is 7.71. The fourth-order valence-corrected chi connectivity index (χ4v) is 2.58. The number of imidazole rings is 1. The summed E-state index contributed by atoms with van der Waals surface area (Å²) >= 11 is 5.35. The average molecular weight is 281 g/mol. The molecule has 0 saturated carbocycles. The first-order chi connectivity index (χ1) is 9.04. The number of carbonyl (C=O) groups excluding carboxylic acids is 1. The zero-order valence-electron chi connectivity index (χ0n) is 11.3. The molecule has 0 radical (unpaired) electrons. The van der Waals surface area contributed by atoms with E-state index < -0.39 is 0 Å². The number of fused-ring (bicyclic) bond motifs is 1. The fraction of sp³-hybridized carbons (Fsp3) is 0.583. The van der Waals surface area contributed by atoms with Gasteiger partial charge in [-0.2, -0.15) is 5.10 Å². The van der Waals surface area contributed by atoms with Crippen LogP contribution in [0.4, 0.5) is 0 Å². The second-order valence-electron chi connectivity index (χ2n) is 4.63. The summed E-state index contributed by atoms with van der Waals surface area (Å²) in [4.78, 5) is 13.9. The molecular weight excluding hydrogens is 262 g/mol. The van der Waals surface area contributed by atoms with Gasteiger partial charge in [-0.05, 0) is 31.5 Å². The molecule has 0 aliphatic heterocycles. The number of hydrogen-bond acceptors (Lipinski definition) is 3. The maximum Gasteiger partial charge on any atom is 0.217 e. The molecule has 0 bridgehead atoms. The number of aromatic nitrogens is 4. The molecule has 0 atom stereocenters. The summed E-state index contributed by atoms with van der Waals surface area (Å²) in [7, 11) is 1.92. The van der Waals surface area contributed by atoms with E-state index in [9.17, 15) is 4.79 Å². The lowest BCUT2D eigenvalue weighted by Gasteiger charge is -2.04. The minimum atomic E-state index is -0.253. The normalized spacial score (nSPS) is 11.3. The summed E-state index contributed by atoms with van der Waals surface area (Å²) in [5.41, 5.74) is 8.19. The summed E-state index contributed by atoms with van der Waals surface area (Å²) in [5.74, 6) is -0.253. The number of rotatable bonds is 6. The number of primary amides is 1. The third-order valence-electron chi connectivity index (χ3n) is 3.21. The molecule has 7 heteroatoms. The van der Waals surface area contributed by atoms with E-state index in [4.69, 9.17) is 18.0 Å². The van der Waals surface area contributed by atoms with Gasteiger partial charge in [0.1, 0.15) is 5.52 Å². The van der Waals surface area contributed by atoms with E-state index >= 15 is 0 Å². The second-order valence-corrected chi connectivity index (χ2v) is 5.01. The summed E-state index contributed by atoms with van der Waals surface area (Å²) in [5, 5.41) is 4.47. The van der Waals surface area contributed by atoms with Gasteiger partial charge >= 0.3 is 0 Å². The molecule has 1 amide bonds. The van der Waals surface area contributed by atoms with Gasteiger partial charge in [0.25, 0.3) is 0 Å². The Labute approximate surface area is 116 Å². The van der Waals surface area contributed by atoms with Crippen LogP contribution in [0.2, 0.25) is 0 Å². The molecule has 0 aliphatic rings. The lowest BCUT2D eigenvalue weighted by molar-refractivity contribution is -0.118. The van der Waals surface area contributed by atoms with Crippen molar-refractivity contribution in [2.75, 3.05) is 0 Å². The van der Waals surface area contributed by atoms with Crippen LogP contribution in [0.3, 0.4) is 0 Å². The van der Waals surface area contributed by atoms with E-state index in [1.165, 1.54) is 0 Å². The van der Waals surface area contributed by atoms with Crippen molar-refractivity contribution in [3.05, 3.63) is 10.5 Å². The van der Waals surface area contributed by atoms with E-state index in [-0.39, 0.29) is 5.91 Å². The molecule has 2 heterocycles. The average Bonchev–Trinajstić information content (AvgIpc) is 2.83. The molecule has 2 aromatic rings. The standard InChI is InChI=1S/C12H19N5OS/c1-3-8-10-11(16(2)15-8)17(12(19)14-10)7-5-4-6-9(13)18/h3-7H2,1-2H3,(H2,13,18)(H,14,19). The maximum absolute atomic E-state index is 10.7. The van der Waals surface area contributed by atoms with Gasteiger partial charge in [-0.25, -0.2) is 0 Å². The molecule has 0 spiro atoms. The molecule has 0 unspecified atom stereocenters. The number of aromatic amines is 1. The van der Waals surface area contributed by atoms with Crippen molar-refractivity contribution in [1.82, 2.24) is 19.3 Å². The Morgan fingerprint density at radius 3 is 2.84 bits per heavy atom. The van der Waals surface area contributed by atoms with Crippen molar-refractivity contribution >= 4 is 29.3 Å². The zero-order chi connectivity index (χ0) is 14.0. The van der Waals surface area contributed by atoms with E-state index in [1.807, 2.05) is 16.3 Å². The fourth-order valence-electron chi connectivity index (χ4n) is 2.30. The van der Waals surface area contributed by atoms with Gasteiger partial charge in [0.2, 0.25) is 5.91 Å². The number of nitrogens with zero attached hydrogens (tertiary/aromatic N) is 3. The largest absolute Gasteiger partial charge is 0.370 e. The zero-order valence-corrected chi connectivity index (χ0v) is 12.1. The first-order valence-corrected chi connectivity index (χ1v) is 6.88. The van der Waals surface area contributed by atoms with Crippen LogP contribution < -0.4 is 5.73 Å². The Morgan fingerprint density at radius 2 is 2.21 bits per heavy atom. The maximum atomic E-state index is 10.7. The molecule has 6 nitrogen and oxygen atoms in total. The van der Waals surface area contributed by atoms with E-state index in [0.29, 0.717) is 11.2 Å². The Balaban J connectivity index is 2.23. The first-order valence-electron chi connectivity index (χ1n) is 6.47. The molecule has 2 rings (SSSR count). The second kappa shape index (κ2) is 5.56. The van der Waals surface area contributed by atoms with Crippen molar-refractivity contribution in [2.45, 2.75) is 39.2 Å². The summed E-state index contributed by atoms with van der Waals surface area (Å²) < 4.78 is 4.60. The number of nitrogens with two attached hydrogens (primary N) is 1. The van der Waals surface area contributed by atoms with Crippen molar-refractivity contribution in [2.24, 2.45) is 12.8 Å². The number of nitrogens with one attached hydrogen (secondary N) is 1. The van der Waals surface area contributed by atoms with Crippen molar-refractivity contribution < 1.29 is 4.79 Å². The topological polar surface area (TPSA) is 81.6 Å². The van der Waals surface area contributed by atoms with Gasteiger partial charge in [0.05, 0.1) is 5.69 Å². The monoisotopic (exact) mass is 281 g/mol. The molecule has 0 fully saturated rings. The smallest absolute Gasteiger partial charge is 0.217 e. The van der Waals surface area contributed by atoms with E-state index in [2.05, 4.69) is 17.0 Å². The first kappa shape index (κ1) is 13.8. The van der Waals surface area contributed by atoms with Gasteiger partial charge < -0.3 is 15.3 Å². The predicted molar refractivity (Wildman–Crippen MR) is 76.3 cm³/mol. The minimum Gasteiger partial charge on any atom is -0.370 e. The van der Waals surface area contributed by atoms with Gasteiger partial charge in [0, 0.05) is 20.0 Å². The van der Waals surface area contributed by atoms with Crippen molar-refractivity contribution in [3.63, 3.8) is 0 Å². The quantitative estimate of drug-likeness (QED) is 0.624. The van der Waals surface area contributed by atoms with Gasteiger partial charge in [-0.15, -0.1) is 0 Å². The number of amides is 1. The Morgan fingerprint density at radius 1 is 1.47 bits per heavy atom. The third kappa shape index (κ3) is 2.70. The molecule has 2 aromatic heterocycles. The minimum absolute atomic E-state index is 0.253. The van der Waals surface area contributed by atoms with Gasteiger partial charge in [-0.3, -0.25) is 9.48 Å². The number of aryl methyl sites for hydroxylation is 3. The van der Waals surface area contributed by atoms with Crippen LogP contribution in [-0.2, 0) is 24.8 Å². The van der Waals surface area contributed by atoms with Crippen LogP contribution in [-0.4, -0.2) is 25.2 Å². The van der Waals surface area contributed by atoms with Crippen LogP contribution in [0.25, 0.3) is 11.2 Å². The predicted octanol–water partition coefficient (Wildman–Crippen LogP) is 1.65. The Kier molecular flexibility index (Phi) is 4.04. The van der Waals surface area contributed by atoms with E-state index in [1.54, 1.807) is 0 Å². The molecular formula is C12H19N5OS. The molecule has 3 N–H and O–H groups in total. The highest BCUT2D eigenvalue weighted by Crippen LogP contribution is 2.18. The molecule has 19 heavy (non-hydrogen) atoms. The number of hydrogen-bond donors (Lipinski definition) is 2. The SMILES string of the molecule is CCc1nn(C)c2c1[nH]c(=S)n2CCCCC(N)=O. The Hall–Kier alpha value is -1.63. The van der Waals surface area contributed by atoms with Crippen LogP contribution >= 0.6 is 12.2 Å². The van der Waals surface area contributed by atoms with Crippen molar-refractivity contribution in [3.8, 4) is 0 Å². The van der Waals surface area contributed by atoms with Gasteiger partial charge in [0.15, 0.2) is 10.4 Å². The number of carbonyl (C=O) groups is 1. The molecule has 104 valence electrons. The van der Waals surface area contributed by atoms with Crippen LogP contribution in [0.5, 0.6) is 0 Å². The lowest BCUT2D eigenvalue weighted by atomic mass is 10.2. The molecule has 0 saturated heterocycles. The Bertz CT molecular complexity index is 651. The lowest BCUT2D eigenvalue weighted by Crippen LogP contribution is -2.10. The molecule has 0 aromatic carbocycles. The summed E-state index contributed by atoms with van der Waals surface area (Å²) in [6.07, 6.45) is 2.94. The third-order valence-corrected chi connectivity index (χ3v) is 3.53. The molecule has 0 aliphatic carbocycles. The van der Waals surface area contributed by atoms with Crippen molar-refractivity contribution in [1.29, 1.82) is 0 Å². The highest BCUT2D eigenvalue weighted by Gasteiger charge is 2.13.